The monoisotopic (exact) mass is 478 g/mol. The molecule has 3 aromatic rings. The third-order valence-corrected chi connectivity index (χ3v) is 6.68. The van der Waals surface area contributed by atoms with Crippen molar-refractivity contribution in [3.63, 3.8) is 0 Å². The van der Waals surface area contributed by atoms with Gasteiger partial charge in [0.15, 0.2) is 6.79 Å². The van der Waals surface area contributed by atoms with Crippen LogP contribution in [0.1, 0.15) is 5.56 Å². The lowest BCUT2D eigenvalue weighted by Crippen LogP contribution is -2.22. The van der Waals surface area contributed by atoms with E-state index in [4.69, 9.17) is 15.2 Å². The molecular weight excluding hydrogens is 452 g/mol. The summed E-state index contributed by atoms with van der Waals surface area (Å²) in [5, 5.41) is 0. The number of anilines is 1. The molecule has 0 saturated carbocycles. The summed E-state index contributed by atoms with van der Waals surface area (Å²) in [6.07, 6.45) is -3.08. The molecule has 9 heteroatoms. The van der Waals surface area contributed by atoms with Crippen LogP contribution in [0.5, 0.6) is 5.75 Å². The molecule has 4 nitrogen and oxygen atoms in total. The Morgan fingerprint density at radius 3 is 2.24 bits per heavy atom. The maximum absolute atomic E-state index is 14.9. The lowest BCUT2D eigenvalue weighted by Gasteiger charge is -2.17. The van der Waals surface area contributed by atoms with Crippen molar-refractivity contribution in [3.05, 3.63) is 66.1 Å². The SMILES string of the molecule is C[Si](C)(C)CCOCOc1cc(C(F)(F)F)ccc1-c1ccc(-c2ccc(N)nc2)c(F)c1. The molecule has 176 valence electrons. The molecule has 0 aliphatic rings. The Hall–Kier alpha value is -2.91. The maximum atomic E-state index is 14.9. The van der Waals surface area contributed by atoms with Crippen molar-refractivity contribution in [2.45, 2.75) is 31.9 Å². The fraction of sp³-hybridized carbons (Fsp3) is 0.292. The number of halogens is 4. The molecule has 1 aromatic heterocycles. The number of nitrogens with two attached hydrogens (primary N) is 1. The van der Waals surface area contributed by atoms with Crippen LogP contribution in [-0.4, -0.2) is 26.5 Å². The van der Waals surface area contributed by atoms with E-state index in [0.29, 0.717) is 34.7 Å². The van der Waals surface area contributed by atoms with E-state index in [-0.39, 0.29) is 12.5 Å². The van der Waals surface area contributed by atoms with E-state index in [1.54, 1.807) is 24.3 Å². The van der Waals surface area contributed by atoms with Crippen LogP contribution in [0.2, 0.25) is 25.7 Å². The first kappa shape index (κ1) is 24.7. The third-order valence-electron chi connectivity index (χ3n) is 4.98. The minimum Gasteiger partial charge on any atom is -0.467 e. The molecule has 2 aromatic carbocycles. The van der Waals surface area contributed by atoms with Crippen molar-refractivity contribution in [1.82, 2.24) is 4.98 Å². The van der Waals surface area contributed by atoms with Crippen LogP contribution in [-0.2, 0) is 10.9 Å². The molecule has 33 heavy (non-hydrogen) atoms. The maximum Gasteiger partial charge on any atom is 0.416 e. The van der Waals surface area contributed by atoms with Crippen molar-refractivity contribution in [1.29, 1.82) is 0 Å². The second-order valence-electron chi connectivity index (χ2n) is 8.86. The largest absolute Gasteiger partial charge is 0.467 e. The van der Waals surface area contributed by atoms with Crippen LogP contribution in [0.15, 0.2) is 54.7 Å². The van der Waals surface area contributed by atoms with Gasteiger partial charge in [-0.25, -0.2) is 9.37 Å². The molecule has 0 radical (unpaired) electrons. The number of aromatic nitrogens is 1. The molecule has 0 fully saturated rings. The van der Waals surface area contributed by atoms with Gasteiger partial charge in [0.25, 0.3) is 0 Å². The van der Waals surface area contributed by atoms with E-state index in [2.05, 4.69) is 24.6 Å². The average Bonchev–Trinajstić information content (AvgIpc) is 2.73. The lowest BCUT2D eigenvalue weighted by molar-refractivity contribution is -0.137. The summed E-state index contributed by atoms with van der Waals surface area (Å²) in [5.74, 6) is -0.259. The molecule has 0 bridgehead atoms. The van der Waals surface area contributed by atoms with Crippen LogP contribution in [0.25, 0.3) is 22.3 Å². The molecule has 0 spiro atoms. The first-order valence-corrected chi connectivity index (χ1v) is 14.1. The Labute approximate surface area is 191 Å². The average molecular weight is 479 g/mol. The third kappa shape index (κ3) is 6.78. The highest BCUT2D eigenvalue weighted by Gasteiger charge is 2.31. The van der Waals surface area contributed by atoms with Gasteiger partial charge in [0.1, 0.15) is 17.4 Å². The Morgan fingerprint density at radius 1 is 0.939 bits per heavy atom. The Balaban J connectivity index is 1.87. The van der Waals surface area contributed by atoms with E-state index in [9.17, 15) is 17.6 Å². The van der Waals surface area contributed by atoms with Gasteiger partial charge in [-0.1, -0.05) is 37.8 Å². The van der Waals surface area contributed by atoms with Gasteiger partial charge in [0, 0.05) is 37.6 Å². The molecule has 0 amide bonds. The number of alkyl halides is 3. The van der Waals surface area contributed by atoms with E-state index >= 15 is 0 Å². The Bertz CT molecular complexity index is 1100. The van der Waals surface area contributed by atoms with Crippen LogP contribution < -0.4 is 10.5 Å². The summed E-state index contributed by atoms with van der Waals surface area (Å²) in [7, 11) is -1.31. The number of benzene rings is 2. The van der Waals surface area contributed by atoms with E-state index < -0.39 is 25.6 Å². The smallest absolute Gasteiger partial charge is 0.416 e. The molecular formula is C24H26F4N2O2Si. The van der Waals surface area contributed by atoms with Gasteiger partial charge in [0.05, 0.1) is 5.56 Å². The van der Waals surface area contributed by atoms with Gasteiger partial charge in [-0.2, -0.15) is 13.2 Å². The molecule has 0 saturated heterocycles. The summed E-state index contributed by atoms with van der Waals surface area (Å²) in [6, 6.07) is 11.7. The number of pyridine rings is 1. The quantitative estimate of drug-likeness (QED) is 0.167. The molecule has 0 aliphatic carbocycles. The van der Waals surface area contributed by atoms with Crippen molar-refractivity contribution in [3.8, 4) is 28.0 Å². The molecule has 0 atom stereocenters. The number of rotatable bonds is 8. The van der Waals surface area contributed by atoms with Crippen LogP contribution >= 0.6 is 0 Å². The van der Waals surface area contributed by atoms with Crippen molar-refractivity contribution >= 4 is 13.9 Å². The van der Waals surface area contributed by atoms with Crippen LogP contribution in [0, 0.1) is 5.82 Å². The van der Waals surface area contributed by atoms with Gasteiger partial charge >= 0.3 is 6.18 Å². The lowest BCUT2D eigenvalue weighted by atomic mass is 9.98. The molecule has 0 aliphatic heterocycles. The molecule has 0 unspecified atom stereocenters. The minimum absolute atomic E-state index is 0.0286. The van der Waals surface area contributed by atoms with Gasteiger partial charge in [-0.05, 0) is 41.9 Å². The number of nitrogen functional groups attached to an aromatic ring is 1. The number of nitrogens with zero attached hydrogens (tertiary/aromatic N) is 1. The predicted molar refractivity (Wildman–Crippen MR) is 124 cm³/mol. The molecule has 1 heterocycles. The van der Waals surface area contributed by atoms with Crippen molar-refractivity contribution < 1.29 is 27.0 Å². The predicted octanol–water partition coefficient (Wildman–Crippen LogP) is 6.85. The molecule has 3 rings (SSSR count). The van der Waals surface area contributed by atoms with E-state index in [1.165, 1.54) is 18.3 Å². The number of hydrogen-bond donors (Lipinski definition) is 1. The Morgan fingerprint density at radius 2 is 1.64 bits per heavy atom. The van der Waals surface area contributed by atoms with Gasteiger partial charge in [0.2, 0.25) is 0 Å². The normalized spacial score (nSPS) is 12.1. The summed E-state index contributed by atoms with van der Waals surface area (Å²) >= 11 is 0. The van der Waals surface area contributed by atoms with Gasteiger partial charge in [-0.3, -0.25) is 0 Å². The molecule has 2 N–H and O–H groups in total. The standard InChI is InChI=1S/C24H26F4N2O2Si/c1-33(2,3)11-10-31-15-32-22-13-18(24(26,27)28)6-8-20(22)16-4-7-19(21(25)12-16)17-5-9-23(29)30-14-17/h4-9,12-14H,10-11,15H2,1-3H3,(H2,29,30). The van der Waals surface area contributed by atoms with E-state index in [1.807, 2.05) is 0 Å². The first-order valence-electron chi connectivity index (χ1n) is 10.4. The fourth-order valence-electron chi connectivity index (χ4n) is 3.08. The zero-order valence-electron chi connectivity index (χ0n) is 18.7. The Kier molecular flexibility index (Phi) is 7.43. The van der Waals surface area contributed by atoms with Gasteiger partial charge < -0.3 is 15.2 Å². The second-order valence-corrected chi connectivity index (χ2v) is 14.5. The minimum atomic E-state index is -4.54. The van der Waals surface area contributed by atoms with Crippen molar-refractivity contribution in [2.75, 3.05) is 19.1 Å². The number of hydrogen-bond acceptors (Lipinski definition) is 4. The van der Waals surface area contributed by atoms with Crippen LogP contribution in [0.4, 0.5) is 23.4 Å². The fourth-order valence-corrected chi connectivity index (χ4v) is 3.84. The summed E-state index contributed by atoms with van der Waals surface area (Å²) < 4.78 is 65.7. The summed E-state index contributed by atoms with van der Waals surface area (Å²) in [5.41, 5.74) is 6.27. The summed E-state index contributed by atoms with van der Waals surface area (Å²) in [4.78, 5) is 3.96. The topological polar surface area (TPSA) is 57.4 Å². The highest BCUT2D eigenvalue weighted by atomic mass is 28.3. The van der Waals surface area contributed by atoms with Crippen molar-refractivity contribution in [2.24, 2.45) is 0 Å². The summed E-state index contributed by atoms with van der Waals surface area (Å²) in [6.45, 7) is 6.85. The highest BCUT2D eigenvalue weighted by Crippen LogP contribution is 2.38. The number of ether oxygens (including phenoxy) is 2. The zero-order valence-corrected chi connectivity index (χ0v) is 19.7. The van der Waals surface area contributed by atoms with Gasteiger partial charge in [-0.15, -0.1) is 0 Å². The van der Waals surface area contributed by atoms with Crippen LogP contribution in [0.3, 0.4) is 0 Å². The highest BCUT2D eigenvalue weighted by molar-refractivity contribution is 6.76. The van der Waals surface area contributed by atoms with E-state index in [0.717, 1.165) is 18.2 Å². The second kappa shape index (κ2) is 9.92. The zero-order chi connectivity index (χ0) is 24.2. The first-order chi connectivity index (χ1) is 15.4.